The highest BCUT2D eigenvalue weighted by Gasteiger charge is 2.42. The molecular formula is C54H63ClN10O10. The van der Waals surface area contributed by atoms with E-state index in [1.54, 1.807) is 29.2 Å². The molecule has 3 aromatic heterocycles. The maximum absolute atomic E-state index is 13.9. The minimum atomic E-state index is -0.924. The molecule has 1 saturated heterocycles. The van der Waals surface area contributed by atoms with Gasteiger partial charge in [0, 0.05) is 46.2 Å². The summed E-state index contributed by atoms with van der Waals surface area (Å²) in [6, 6.07) is 19.9. The number of oxazole rings is 1. The molecule has 1 fully saturated rings. The second-order valence-corrected chi connectivity index (χ2v) is 19.9. The Hall–Kier alpha value is -7.23. The number of rotatable bonds is 22. The van der Waals surface area contributed by atoms with E-state index in [0.717, 1.165) is 50.7 Å². The van der Waals surface area contributed by atoms with E-state index in [2.05, 4.69) is 36.1 Å². The number of carbonyl (C=O) groups is 4. The maximum Gasteiger partial charge on any atom is 0.250 e. The molecule has 3 aromatic carbocycles. The van der Waals surface area contributed by atoms with Crippen molar-refractivity contribution in [2.45, 2.75) is 92.4 Å². The number of aliphatic imine (C=N–C) groups is 1. The molecule has 0 aliphatic carbocycles. The fourth-order valence-electron chi connectivity index (χ4n) is 8.93. The standard InChI is InChI=1S/C54H63ClN10O10/c1-32-33(2)58-51-46(32)47(37-14-16-39(55)17-15-37)60-42(50-63-62-35(4)65(50)51)27-44(66)59-40-18-20-41(21-19-40)72-26-25-70-23-24-71-31-75-74-29-45(67)61-49(54(5,6)7)53(69)64-22-8-9-43(64)52(68)56-28-36-10-12-38(13-11-36)48-34(3)57-30-73-48/h10-21,30,42-43,49,58H,8-9,22-29,31H2,1-7H3,(H,56,68)(H,59,66)(H,61,67)/t42?,43-,49?/m0/s1. The molecule has 2 aliphatic heterocycles. The predicted octanol–water partition coefficient (Wildman–Crippen LogP) is 7.21. The monoisotopic (exact) mass is 1050 g/mol. The lowest BCUT2D eigenvalue weighted by Crippen LogP contribution is -2.58. The zero-order valence-electron chi connectivity index (χ0n) is 43.2. The van der Waals surface area contributed by atoms with E-state index < -0.39 is 36.1 Å². The zero-order valence-corrected chi connectivity index (χ0v) is 43.9. The first-order chi connectivity index (χ1) is 36.0. The van der Waals surface area contributed by atoms with Crippen molar-refractivity contribution >= 4 is 46.6 Å². The van der Waals surface area contributed by atoms with E-state index >= 15 is 0 Å². The summed E-state index contributed by atoms with van der Waals surface area (Å²) in [6.07, 6.45) is 2.59. The Morgan fingerprint density at radius 2 is 1.59 bits per heavy atom. The molecule has 0 radical (unpaired) electrons. The summed E-state index contributed by atoms with van der Waals surface area (Å²) in [7, 11) is 0. The van der Waals surface area contributed by atoms with Crippen LogP contribution < -0.4 is 20.7 Å². The Bertz CT molecular complexity index is 2980. The van der Waals surface area contributed by atoms with Crippen LogP contribution in [0.1, 0.15) is 91.4 Å². The Balaban J connectivity index is 0.703. The van der Waals surface area contributed by atoms with Crippen molar-refractivity contribution in [3.8, 4) is 22.9 Å². The number of fused-ring (bicyclic) bond motifs is 3. The van der Waals surface area contributed by atoms with Gasteiger partial charge in [0.2, 0.25) is 23.6 Å². The summed E-state index contributed by atoms with van der Waals surface area (Å²) < 4.78 is 24.2. The van der Waals surface area contributed by atoms with Crippen LogP contribution in [0.15, 0.2) is 88.6 Å². The van der Waals surface area contributed by atoms with Gasteiger partial charge in [-0.1, -0.05) is 68.8 Å². The van der Waals surface area contributed by atoms with E-state index in [-0.39, 0.29) is 63.9 Å². The quantitative estimate of drug-likeness (QED) is 0.0228. The maximum atomic E-state index is 13.9. The third-order valence-corrected chi connectivity index (χ3v) is 13.2. The molecule has 0 bridgehead atoms. The number of aromatic nitrogens is 5. The van der Waals surface area contributed by atoms with Gasteiger partial charge in [-0.05, 0) is 93.5 Å². The molecule has 3 atom stereocenters. The molecule has 2 unspecified atom stereocenters. The topological polar surface area (TPSA) is 239 Å². The van der Waals surface area contributed by atoms with Crippen LogP contribution in [0.4, 0.5) is 5.69 Å². The van der Waals surface area contributed by atoms with Crippen molar-refractivity contribution in [3.05, 3.63) is 130 Å². The van der Waals surface area contributed by atoms with Crippen molar-refractivity contribution in [1.82, 2.24) is 40.3 Å². The highest BCUT2D eigenvalue weighted by molar-refractivity contribution is 6.30. The van der Waals surface area contributed by atoms with Crippen molar-refractivity contribution in [1.29, 1.82) is 0 Å². The van der Waals surface area contributed by atoms with Gasteiger partial charge in [-0.2, -0.15) is 0 Å². The van der Waals surface area contributed by atoms with Crippen LogP contribution in [0.5, 0.6) is 5.75 Å². The third-order valence-electron chi connectivity index (χ3n) is 13.0. The average Bonchev–Trinajstić information content (AvgIpc) is 4.20. The molecule has 75 heavy (non-hydrogen) atoms. The number of ether oxygens (including phenoxy) is 3. The number of halogens is 1. The molecule has 21 heteroatoms. The third kappa shape index (κ3) is 13.4. The second kappa shape index (κ2) is 24.4. The molecule has 6 aromatic rings. The van der Waals surface area contributed by atoms with Crippen LogP contribution in [0, 0.1) is 33.1 Å². The van der Waals surface area contributed by atoms with Gasteiger partial charge >= 0.3 is 0 Å². The van der Waals surface area contributed by atoms with Crippen LogP contribution in [-0.4, -0.2) is 117 Å². The molecule has 5 heterocycles. The largest absolute Gasteiger partial charge is 0.491 e. The van der Waals surface area contributed by atoms with Crippen LogP contribution in [-0.2, 0) is 45.0 Å². The lowest BCUT2D eigenvalue weighted by atomic mass is 9.85. The molecule has 2 aliphatic rings. The summed E-state index contributed by atoms with van der Waals surface area (Å²) in [5, 5.41) is 18.2. The summed E-state index contributed by atoms with van der Waals surface area (Å²) >= 11 is 6.24. The molecule has 8 rings (SSSR count). The SMILES string of the molecule is Cc1ncoc1-c1ccc(CNC(=O)[C@@H]2CCCN2C(=O)C(NC(=O)COOCOCCOCCOc2ccc(NC(=O)CC3N=C(c4ccc(Cl)cc4)c4c([nH]c(C)c4C)-n4c(C)nnc43)cc2)C(C)(C)C)cc1. The first-order valence-corrected chi connectivity index (χ1v) is 25.2. The van der Waals surface area contributed by atoms with Gasteiger partial charge in [-0.3, -0.25) is 28.7 Å². The van der Waals surface area contributed by atoms with Crippen molar-refractivity contribution in [2.24, 2.45) is 10.4 Å². The predicted molar refractivity (Wildman–Crippen MR) is 278 cm³/mol. The van der Waals surface area contributed by atoms with E-state index in [1.807, 2.05) is 102 Å². The number of nitrogens with one attached hydrogen (secondary N) is 4. The summed E-state index contributed by atoms with van der Waals surface area (Å²) in [5.41, 5.74) is 7.04. The molecule has 0 saturated carbocycles. The first kappa shape index (κ1) is 54.0. The Morgan fingerprint density at radius 3 is 2.31 bits per heavy atom. The van der Waals surface area contributed by atoms with E-state index in [9.17, 15) is 19.2 Å². The molecular weight excluding hydrogens is 984 g/mol. The van der Waals surface area contributed by atoms with E-state index in [1.165, 1.54) is 6.39 Å². The molecule has 0 spiro atoms. The summed E-state index contributed by atoms with van der Waals surface area (Å²) in [6.45, 7) is 14.2. The molecule has 4 amide bonds. The number of hydrogen-bond acceptors (Lipinski definition) is 14. The Morgan fingerprint density at radius 1 is 0.867 bits per heavy atom. The van der Waals surface area contributed by atoms with Gasteiger partial charge in [0.25, 0.3) is 0 Å². The highest BCUT2D eigenvalue weighted by atomic mass is 35.5. The van der Waals surface area contributed by atoms with Gasteiger partial charge < -0.3 is 44.5 Å². The van der Waals surface area contributed by atoms with Crippen molar-refractivity contribution < 1.29 is 47.6 Å². The first-order valence-electron chi connectivity index (χ1n) is 24.8. The lowest BCUT2D eigenvalue weighted by molar-refractivity contribution is -0.331. The van der Waals surface area contributed by atoms with Crippen LogP contribution in [0.25, 0.3) is 17.1 Å². The molecule has 396 valence electrons. The van der Waals surface area contributed by atoms with Gasteiger partial charge in [-0.15, -0.1) is 10.2 Å². The van der Waals surface area contributed by atoms with Crippen LogP contribution >= 0.6 is 11.6 Å². The second-order valence-electron chi connectivity index (χ2n) is 19.4. The number of carbonyl (C=O) groups excluding carboxylic acids is 4. The molecule has 4 N–H and O–H groups in total. The Kier molecular flexibility index (Phi) is 17.6. The van der Waals surface area contributed by atoms with Crippen molar-refractivity contribution in [2.75, 3.05) is 51.7 Å². The normalized spacial score (nSPS) is 15.6. The lowest BCUT2D eigenvalue weighted by Gasteiger charge is -2.35. The minimum absolute atomic E-state index is 0.0185. The number of aromatic amines is 1. The van der Waals surface area contributed by atoms with Crippen molar-refractivity contribution in [3.63, 3.8) is 0 Å². The number of anilines is 1. The number of amides is 4. The number of likely N-dealkylation sites (tertiary alicyclic amines) is 1. The number of aryl methyl sites for hydroxylation is 3. The van der Waals surface area contributed by atoms with Crippen LogP contribution in [0.2, 0.25) is 5.02 Å². The summed E-state index contributed by atoms with van der Waals surface area (Å²) in [4.78, 5) is 78.2. The Labute approximate surface area is 439 Å². The van der Waals surface area contributed by atoms with Crippen LogP contribution in [0.3, 0.4) is 0 Å². The highest BCUT2D eigenvalue weighted by Crippen LogP contribution is 2.35. The van der Waals surface area contributed by atoms with Gasteiger partial charge in [0.1, 0.15) is 42.1 Å². The fraction of sp³-hybridized carbons (Fsp3) is 0.407. The summed E-state index contributed by atoms with van der Waals surface area (Å²) in [5.74, 6) is 1.90. The molecule has 20 nitrogen and oxygen atoms in total. The van der Waals surface area contributed by atoms with E-state index in [4.69, 9.17) is 45.0 Å². The van der Waals surface area contributed by atoms with Gasteiger partial charge in [-0.25, -0.2) is 14.8 Å². The number of benzene rings is 3. The van der Waals surface area contributed by atoms with E-state index in [0.29, 0.717) is 53.3 Å². The van der Waals surface area contributed by atoms with Gasteiger partial charge in [0.15, 0.2) is 31.4 Å². The smallest absolute Gasteiger partial charge is 0.250 e. The minimum Gasteiger partial charge on any atom is -0.491 e. The number of H-pyrrole nitrogens is 1. The number of hydrogen-bond donors (Lipinski definition) is 4. The average molecular weight is 1050 g/mol. The zero-order chi connectivity index (χ0) is 53.2. The fourth-order valence-corrected chi connectivity index (χ4v) is 9.06. The number of nitrogens with zero attached hydrogens (tertiary/aromatic N) is 6. The van der Waals surface area contributed by atoms with Gasteiger partial charge in [0.05, 0.1) is 37.6 Å².